The Morgan fingerprint density at radius 1 is 1.08 bits per heavy atom. The molecule has 0 N–H and O–H groups in total. The Labute approximate surface area is 159 Å². The number of benzene rings is 2. The summed E-state index contributed by atoms with van der Waals surface area (Å²) in [6.07, 6.45) is 1.35. The van der Waals surface area contributed by atoms with Gasteiger partial charge in [-0.05, 0) is 18.6 Å². The Morgan fingerprint density at radius 3 is 2.52 bits per heavy atom. The number of ketones is 1. The van der Waals surface area contributed by atoms with Gasteiger partial charge in [-0.2, -0.15) is 0 Å². The van der Waals surface area contributed by atoms with Gasteiger partial charge in [0.2, 0.25) is 0 Å². The molecule has 3 aromatic rings. The Hall–Kier alpha value is -1.92. The van der Waals surface area contributed by atoms with Crippen LogP contribution in [0.4, 0.5) is 0 Å². The first-order valence-corrected chi connectivity index (χ1v) is 9.79. The zero-order valence-electron chi connectivity index (χ0n) is 13.9. The molecule has 6 heteroatoms. The number of hydrogen-bond acceptors (Lipinski definition) is 4. The molecule has 4 nitrogen and oxygen atoms in total. The van der Waals surface area contributed by atoms with Crippen LogP contribution in [0, 0.1) is 0 Å². The lowest BCUT2D eigenvalue weighted by molar-refractivity contribution is 0.0982. The highest BCUT2D eigenvalue weighted by Crippen LogP contribution is 2.23. The molecule has 0 radical (unpaired) electrons. The second-order valence-electron chi connectivity index (χ2n) is 5.61. The van der Waals surface area contributed by atoms with Crippen LogP contribution in [0.2, 0.25) is 0 Å². The van der Waals surface area contributed by atoms with Crippen molar-refractivity contribution in [3.63, 3.8) is 0 Å². The first-order chi connectivity index (χ1) is 12.1. The van der Waals surface area contributed by atoms with Crippen LogP contribution in [-0.2, 0) is 7.05 Å². The SMILES string of the molecule is Cn1c(SCCCC(=O)c2ccc(Br)cc2)nnc1-c1ccccc1. The van der Waals surface area contributed by atoms with Crippen molar-refractivity contribution in [2.45, 2.75) is 18.0 Å². The number of carbonyl (C=O) groups is 1. The summed E-state index contributed by atoms with van der Waals surface area (Å²) >= 11 is 5.01. The Bertz CT molecular complexity index is 847. The van der Waals surface area contributed by atoms with E-state index < -0.39 is 0 Å². The largest absolute Gasteiger partial charge is 0.305 e. The molecule has 0 unspecified atom stereocenters. The number of aromatic nitrogens is 3. The van der Waals surface area contributed by atoms with Crippen molar-refractivity contribution in [1.82, 2.24) is 14.8 Å². The topological polar surface area (TPSA) is 47.8 Å². The van der Waals surface area contributed by atoms with Crippen LogP contribution in [0.25, 0.3) is 11.4 Å². The fraction of sp³-hybridized carbons (Fsp3) is 0.211. The number of nitrogens with zero attached hydrogens (tertiary/aromatic N) is 3. The highest BCUT2D eigenvalue weighted by atomic mass is 79.9. The molecular formula is C19H18BrN3OS. The van der Waals surface area contributed by atoms with Gasteiger partial charge in [0.15, 0.2) is 16.8 Å². The van der Waals surface area contributed by atoms with E-state index in [1.54, 1.807) is 11.8 Å². The van der Waals surface area contributed by atoms with Crippen LogP contribution in [0.1, 0.15) is 23.2 Å². The van der Waals surface area contributed by atoms with E-state index >= 15 is 0 Å². The number of halogens is 1. The van der Waals surface area contributed by atoms with Gasteiger partial charge in [0.1, 0.15) is 0 Å². The van der Waals surface area contributed by atoms with E-state index in [9.17, 15) is 4.79 Å². The van der Waals surface area contributed by atoms with Crippen LogP contribution >= 0.6 is 27.7 Å². The Kier molecular flexibility index (Phi) is 6.04. The first-order valence-electron chi connectivity index (χ1n) is 8.01. The van der Waals surface area contributed by atoms with Crippen LogP contribution in [-0.4, -0.2) is 26.3 Å². The number of hydrogen-bond donors (Lipinski definition) is 0. The average molecular weight is 416 g/mol. The van der Waals surface area contributed by atoms with Gasteiger partial charge >= 0.3 is 0 Å². The number of Topliss-reactive ketones (excluding diaryl/α,β-unsaturated/α-hetero) is 1. The minimum atomic E-state index is 0.177. The molecule has 0 saturated heterocycles. The molecule has 128 valence electrons. The Balaban J connectivity index is 1.52. The summed E-state index contributed by atoms with van der Waals surface area (Å²) in [5.74, 6) is 1.87. The second-order valence-corrected chi connectivity index (χ2v) is 7.59. The number of thioether (sulfide) groups is 1. The predicted molar refractivity (Wildman–Crippen MR) is 105 cm³/mol. The standard InChI is InChI=1S/C19H18BrN3OS/c1-23-18(15-6-3-2-4-7-15)21-22-19(23)25-13-5-8-17(24)14-9-11-16(20)12-10-14/h2-4,6-7,9-12H,5,8,13H2,1H3. The molecule has 1 heterocycles. The lowest BCUT2D eigenvalue weighted by Gasteiger charge is -2.04. The van der Waals surface area contributed by atoms with Crippen LogP contribution in [0.15, 0.2) is 64.2 Å². The minimum Gasteiger partial charge on any atom is -0.305 e. The van der Waals surface area contributed by atoms with E-state index in [1.165, 1.54) is 0 Å². The molecule has 0 fully saturated rings. The molecule has 2 aromatic carbocycles. The maximum absolute atomic E-state index is 12.2. The van der Waals surface area contributed by atoms with Crippen LogP contribution in [0.5, 0.6) is 0 Å². The highest BCUT2D eigenvalue weighted by Gasteiger charge is 2.11. The minimum absolute atomic E-state index is 0.177. The van der Waals surface area contributed by atoms with Gasteiger partial charge in [-0.1, -0.05) is 70.2 Å². The summed E-state index contributed by atoms with van der Waals surface area (Å²) < 4.78 is 2.98. The van der Waals surface area contributed by atoms with Crippen molar-refractivity contribution >= 4 is 33.5 Å². The van der Waals surface area contributed by atoms with Gasteiger partial charge < -0.3 is 4.57 Å². The van der Waals surface area contributed by atoms with E-state index in [0.717, 1.165) is 38.8 Å². The number of carbonyl (C=O) groups excluding carboxylic acids is 1. The summed E-state index contributed by atoms with van der Waals surface area (Å²) in [7, 11) is 1.97. The zero-order chi connectivity index (χ0) is 17.6. The third kappa shape index (κ3) is 4.58. The monoisotopic (exact) mass is 415 g/mol. The molecule has 0 atom stereocenters. The molecule has 1 aromatic heterocycles. The zero-order valence-corrected chi connectivity index (χ0v) is 16.3. The summed E-state index contributed by atoms with van der Waals surface area (Å²) in [5, 5.41) is 9.41. The van der Waals surface area contributed by atoms with Gasteiger partial charge in [-0.25, -0.2) is 0 Å². The molecule has 0 aliphatic rings. The van der Waals surface area contributed by atoms with E-state index in [4.69, 9.17) is 0 Å². The van der Waals surface area contributed by atoms with Gasteiger partial charge in [0.25, 0.3) is 0 Å². The van der Waals surface area contributed by atoms with Crippen molar-refractivity contribution in [2.75, 3.05) is 5.75 Å². The molecule has 0 saturated carbocycles. The van der Waals surface area contributed by atoms with Crippen molar-refractivity contribution in [3.8, 4) is 11.4 Å². The summed E-state index contributed by atoms with van der Waals surface area (Å²) in [5.41, 5.74) is 1.81. The molecule has 25 heavy (non-hydrogen) atoms. The molecule has 0 bridgehead atoms. The smallest absolute Gasteiger partial charge is 0.191 e. The van der Waals surface area contributed by atoms with Crippen molar-refractivity contribution in [2.24, 2.45) is 7.05 Å². The van der Waals surface area contributed by atoms with E-state index in [2.05, 4.69) is 26.1 Å². The van der Waals surface area contributed by atoms with Crippen molar-refractivity contribution in [3.05, 3.63) is 64.6 Å². The van der Waals surface area contributed by atoms with E-state index in [-0.39, 0.29) is 5.78 Å². The molecule has 0 spiro atoms. The van der Waals surface area contributed by atoms with Gasteiger partial charge in [0, 0.05) is 34.8 Å². The summed E-state index contributed by atoms with van der Waals surface area (Å²) in [6.45, 7) is 0. The normalized spacial score (nSPS) is 10.8. The fourth-order valence-electron chi connectivity index (χ4n) is 2.46. The molecule has 0 aliphatic heterocycles. The fourth-order valence-corrected chi connectivity index (χ4v) is 3.57. The van der Waals surface area contributed by atoms with Gasteiger partial charge in [-0.3, -0.25) is 4.79 Å². The predicted octanol–water partition coefficient (Wildman–Crippen LogP) is 5.00. The van der Waals surface area contributed by atoms with Crippen LogP contribution in [0.3, 0.4) is 0 Å². The third-order valence-corrected chi connectivity index (χ3v) is 5.45. The third-order valence-electron chi connectivity index (χ3n) is 3.81. The summed E-state index contributed by atoms with van der Waals surface area (Å²) in [4.78, 5) is 12.2. The van der Waals surface area contributed by atoms with Crippen molar-refractivity contribution < 1.29 is 4.79 Å². The maximum Gasteiger partial charge on any atom is 0.191 e. The van der Waals surface area contributed by atoms with E-state index in [0.29, 0.717) is 6.42 Å². The summed E-state index contributed by atoms with van der Waals surface area (Å²) in [6, 6.07) is 17.5. The molecule has 0 amide bonds. The molecular weight excluding hydrogens is 398 g/mol. The Morgan fingerprint density at radius 2 is 1.80 bits per heavy atom. The quantitative estimate of drug-likeness (QED) is 0.309. The first kappa shape index (κ1) is 17.9. The van der Waals surface area contributed by atoms with E-state index in [1.807, 2.05) is 66.2 Å². The lowest BCUT2D eigenvalue weighted by atomic mass is 10.1. The van der Waals surface area contributed by atoms with Gasteiger partial charge in [-0.15, -0.1) is 10.2 Å². The lowest BCUT2D eigenvalue weighted by Crippen LogP contribution is -2.00. The molecule has 3 rings (SSSR count). The van der Waals surface area contributed by atoms with Crippen LogP contribution < -0.4 is 0 Å². The van der Waals surface area contributed by atoms with Gasteiger partial charge in [0.05, 0.1) is 0 Å². The number of rotatable bonds is 7. The second kappa shape index (κ2) is 8.45. The molecule has 0 aliphatic carbocycles. The highest BCUT2D eigenvalue weighted by molar-refractivity contribution is 9.10. The average Bonchev–Trinajstić information content (AvgIpc) is 3.00. The van der Waals surface area contributed by atoms with Crippen molar-refractivity contribution in [1.29, 1.82) is 0 Å². The maximum atomic E-state index is 12.2.